The summed E-state index contributed by atoms with van der Waals surface area (Å²) in [5.41, 5.74) is 7.18. The second kappa shape index (κ2) is 3.34. The highest BCUT2D eigenvalue weighted by molar-refractivity contribution is 5.17. The van der Waals surface area contributed by atoms with Crippen molar-refractivity contribution in [3.8, 4) is 0 Å². The van der Waals surface area contributed by atoms with Gasteiger partial charge in [-0.15, -0.1) is 0 Å². The van der Waals surface area contributed by atoms with E-state index in [1.807, 2.05) is 6.08 Å². The lowest BCUT2D eigenvalue weighted by Gasteiger charge is -2.25. The van der Waals surface area contributed by atoms with Gasteiger partial charge in [-0.25, -0.2) is 0 Å². The van der Waals surface area contributed by atoms with Gasteiger partial charge in [-0.05, 0) is 30.3 Å². The molecule has 68 valence electrons. The molecule has 12 heavy (non-hydrogen) atoms. The van der Waals surface area contributed by atoms with E-state index in [0.717, 1.165) is 12.1 Å². The molecule has 0 saturated carbocycles. The fourth-order valence-corrected chi connectivity index (χ4v) is 1.70. The zero-order chi connectivity index (χ0) is 9.19. The molecule has 0 radical (unpaired) electrons. The van der Waals surface area contributed by atoms with Crippen molar-refractivity contribution < 1.29 is 0 Å². The molecule has 0 aliphatic heterocycles. The molecule has 0 unspecified atom stereocenters. The second-order valence-corrected chi connectivity index (χ2v) is 4.86. The maximum absolute atomic E-state index is 5.75. The molecule has 1 atom stereocenters. The van der Waals surface area contributed by atoms with E-state index in [9.17, 15) is 0 Å². The van der Waals surface area contributed by atoms with Crippen molar-refractivity contribution in [3.05, 3.63) is 23.9 Å². The van der Waals surface area contributed by atoms with Crippen molar-refractivity contribution in [1.82, 2.24) is 0 Å². The lowest BCUT2D eigenvalue weighted by molar-refractivity contribution is 0.322. The summed E-state index contributed by atoms with van der Waals surface area (Å²) in [7, 11) is 0. The van der Waals surface area contributed by atoms with E-state index in [-0.39, 0.29) is 0 Å². The molecule has 0 spiro atoms. The molecule has 1 heteroatoms. The van der Waals surface area contributed by atoms with Gasteiger partial charge in [0.15, 0.2) is 0 Å². The minimum Gasteiger partial charge on any atom is -0.402 e. The van der Waals surface area contributed by atoms with E-state index in [4.69, 9.17) is 5.73 Å². The SMILES string of the molecule is CC(C)(C)C[C@@H]1C=CC=C(N)C1. The molecule has 0 aromatic rings. The van der Waals surface area contributed by atoms with Crippen LogP contribution in [-0.4, -0.2) is 0 Å². The quantitative estimate of drug-likeness (QED) is 0.635. The molecule has 1 aliphatic carbocycles. The van der Waals surface area contributed by atoms with E-state index in [0.29, 0.717) is 11.3 Å². The van der Waals surface area contributed by atoms with Crippen molar-refractivity contribution in [3.63, 3.8) is 0 Å². The van der Waals surface area contributed by atoms with E-state index in [1.54, 1.807) is 0 Å². The zero-order valence-corrected chi connectivity index (χ0v) is 8.30. The van der Waals surface area contributed by atoms with E-state index < -0.39 is 0 Å². The molecule has 0 aromatic carbocycles. The standard InChI is InChI=1S/C11H19N/c1-11(2,3)8-9-5-4-6-10(12)7-9/h4-6,9H,7-8,12H2,1-3H3/t9-/m1/s1. The van der Waals surface area contributed by atoms with Crippen LogP contribution in [0.25, 0.3) is 0 Å². The molecule has 1 aliphatic rings. The number of allylic oxidation sites excluding steroid dienone is 4. The topological polar surface area (TPSA) is 26.0 Å². The first-order chi connectivity index (χ1) is 5.47. The molecule has 0 fully saturated rings. The van der Waals surface area contributed by atoms with Gasteiger partial charge in [0.1, 0.15) is 0 Å². The van der Waals surface area contributed by atoms with Crippen molar-refractivity contribution in [2.75, 3.05) is 0 Å². The van der Waals surface area contributed by atoms with Crippen LogP contribution in [0.15, 0.2) is 23.9 Å². The molecule has 0 amide bonds. The molecular weight excluding hydrogens is 146 g/mol. The average Bonchev–Trinajstić information content (AvgIpc) is 1.82. The maximum atomic E-state index is 5.75. The van der Waals surface area contributed by atoms with Gasteiger partial charge in [0.2, 0.25) is 0 Å². The Labute approximate surface area is 75.3 Å². The lowest BCUT2D eigenvalue weighted by atomic mass is 9.81. The number of rotatable bonds is 1. The summed E-state index contributed by atoms with van der Waals surface area (Å²) in [6.45, 7) is 6.82. The Hall–Kier alpha value is -0.720. The van der Waals surface area contributed by atoms with Gasteiger partial charge >= 0.3 is 0 Å². The third-order valence-electron chi connectivity index (χ3n) is 2.07. The van der Waals surface area contributed by atoms with Crippen molar-refractivity contribution in [2.24, 2.45) is 17.1 Å². The average molecular weight is 165 g/mol. The summed E-state index contributed by atoms with van der Waals surface area (Å²) in [6.07, 6.45) is 8.60. The van der Waals surface area contributed by atoms with Gasteiger partial charge in [0, 0.05) is 5.70 Å². The van der Waals surface area contributed by atoms with Gasteiger partial charge in [-0.1, -0.05) is 32.9 Å². The fraction of sp³-hybridized carbons (Fsp3) is 0.636. The van der Waals surface area contributed by atoms with Crippen LogP contribution in [0.1, 0.15) is 33.6 Å². The smallest absolute Gasteiger partial charge is 0.00862 e. The number of hydrogen-bond donors (Lipinski definition) is 1. The van der Waals surface area contributed by atoms with Crippen LogP contribution in [-0.2, 0) is 0 Å². The molecule has 1 nitrogen and oxygen atoms in total. The molecule has 0 heterocycles. The Morgan fingerprint density at radius 2 is 2.17 bits per heavy atom. The van der Waals surface area contributed by atoms with Crippen LogP contribution in [0.5, 0.6) is 0 Å². The molecule has 2 N–H and O–H groups in total. The van der Waals surface area contributed by atoms with Crippen LogP contribution in [0, 0.1) is 11.3 Å². The Bertz CT molecular complexity index is 206. The highest BCUT2D eigenvalue weighted by Gasteiger charge is 2.18. The van der Waals surface area contributed by atoms with Gasteiger partial charge in [0.25, 0.3) is 0 Å². The monoisotopic (exact) mass is 165 g/mol. The Morgan fingerprint density at radius 3 is 2.67 bits per heavy atom. The zero-order valence-electron chi connectivity index (χ0n) is 8.30. The third-order valence-corrected chi connectivity index (χ3v) is 2.07. The first-order valence-corrected chi connectivity index (χ1v) is 4.60. The first-order valence-electron chi connectivity index (χ1n) is 4.60. The normalized spacial score (nSPS) is 23.9. The van der Waals surface area contributed by atoms with E-state index in [1.165, 1.54) is 6.42 Å². The Balaban J connectivity index is 2.47. The number of hydrogen-bond acceptors (Lipinski definition) is 1. The first kappa shape index (κ1) is 9.37. The Kier molecular flexibility index (Phi) is 2.61. The summed E-state index contributed by atoms with van der Waals surface area (Å²) < 4.78 is 0. The van der Waals surface area contributed by atoms with Crippen LogP contribution in [0.2, 0.25) is 0 Å². The van der Waals surface area contributed by atoms with Gasteiger partial charge < -0.3 is 5.73 Å². The van der Waals surface area contributed by atoms with Crippen molar-refractivity contribution >= 4 is 0 Å². The largest absolute Gasteiger partial charge is 0.402 e. The van der Waals surface area contributed by atoms with Crippen molar-refractivity contribution in [1.29, 1.82) is 0 Å². The van der Waals surface area contributed by atoms with Gasteiger partial charge in [0.05, 0.1) is 0 Å². The molecule has 1 rings (SSSR count). The van der Waals surface area contributed by atoms with Gasteiger partial charge in [-0.2, -0.15) is 0 Å². The minimum absolute atomic E-state index is 0.409. The maximum Gasteiger partial charge on any atom is 0.00862 e. The second-order valence-electron chi connectivity index (χ2n) is 4.86. The highest BCUT2D eigenvalue weighted by atomic mass is 14.6. The molecule has 0 aromatic heterocycles. The van der Waals surface area contributed by atoms with Crippen LogP contribution >= 0.6 is 0 Å². The summed E-state index contributed by atoms with van der Waals surface area (Å²) in [5, 5.41) is 0. The van der Waals surface area contributed by atoms with E-state index in [2.05, 4.69) is 32.9 Å². The van der Waals surface area contributed by atoms with Crippen LogP contribution < -0.4 is 5.73 Å². The molecule has 0 bridgehead atoms. The predicted octanol–water partition coefficient (Wildman–Crippen LogP) is 2.84. The summed E-state index contributed by atoms with van der Waals surface area (Å²) in [4.78, 5) is 0. The van der Waals surface area contributed by atoms with Gasteiger partial charge in [-0.3, -0.25) is 0 Å². The third kappa shape index (κ3) is 3.12. The summed E-state index contributed by atoms with van der Waals surface area (Å²) in [5.74, 6) is 0.648. The Morgan fingerprint density at radius 1 is 1.50 bits per heavy atom. The summed E-state index contributed by atoms with van der Waals surface area (Å²) in [6, 6.07) is 0. The van der Waals surface area contributed by atoms with Crippen LogP contribution in [0.3, 0.4) is 0 Å². The molecular formula is C11H19N. The predicted molar refractivity (Wildman–Crippen MR) is 53.6 cm³/mol. The highest BCUT2D eigenvalue weighted by Crippen LogP contribution is 2.29. The van der Waals surface area contributed by atoms with E-state index >= 15 is 0 Å². The summed E-state index contributed by atoms with van der Waals surface area (Å²) >= 11 is 0. The van der Waals surface area contributed by atoms with Crippen LogP contribution in [0.4, 0.5) is 0 Å². The molecule has 0 saturated heterocycles. The number of nitrogens with two attached hydrogens (primary N) is 1. The fourth-order valence-electron chi connectivity index (χ4n) is 1.70. The lowest BCUT2D eigenvalue weighted by Crippen LogP contribution is -2.15. The minimum atomic E-state index is 0.409. The van der Waals surface area contributed by atoms with Crippen molar-refractivity contribution in [2.45, 2.75) is 33.6 Å².